The van der Waals surface area contributed by atoms with E-state index in [-0.39, 0.29) is 33.8 Å². The van der Waals surface area contributed by atoms with Gasteiger partial charge in [0.15, 0.2) is 5.65 Å². The van der Waals surface area contributed by atoms with Crippen LogP contribution in [0.15, 0.2) is 52.2 Å². The van der Waals surface area contributed by atoms with Gasteiger partial charge in [-0.25, -0.2) is 0 Å². The molecule has 0 N–H and O–H groups in total. The molecule has 1 aromatic carbocycles. The molecule has 0 saturated carbocycles. The largest absolute Gasteiger partial charge is 0.470 e. The number of alkyl halides is 2. The molecule has 0 aliphatic rings. The average molecular weight is 470 g/mol. The van der Waals surface area contributed by atoms with Crippen molar-refractivity contribution >= 4 is 21.7 Å². The second-order valence-electron chi connectivity index (χ2n) is 6.84. The number of fused-ring (bicyclic) bond motifs is 1. The molecule has 33 heavy (non-hydrogen) atoms. The molecule has 0 bridgehead atoms. The van der Waals surface area contributed by atoms with E-state index in [9.17, 15) is 23.6 Å². The zero-order valence-electron chi connectivity index (χ0n) is 17.4. The van der Waals surface area contributed by atoms with Crippen LogP contribution in [0, 0.1) is 11.3 Å². The number of aromatic nitrogens is 3. The maximum atomic E-state index is 13.6. The lowest BCUT2D eigenvalue weighted by atomic mass is 10.1. The maximum absolute atomic E-state index is 13.6. The number of thiazole rings is 1. The first-order chi connectivity index (χ1) is 15.8. The van der Waals surface area contributed by atoms with Gasteiger partial charge in [0.05, 0.1) is 28.1 Å². The first-order valence-electron chi connectivity index (χ1n) is 9.68. The summed E-state index contributed by atoms with van der Waals surface area (Å²) in [7, 11) is 1.57. The number of hydrogen-bond donors (Lipinski definition) is 0. The number of rotatable bonds is 6. The van der Waals surface area contributed by atoms with E-state index in [1.807, 2.05) is 6.07 Å². The summed E-state index contributed by atoms with van der Waals surface area (Å²) in [6.45, 7) is -0.927. The first-order valence-corrected chi connectivity index (χ1v) is 10.5. The third-order valence-corrected chi connectivity index (χ3v) is 5.66. The minimum absolute atomic E-state index is 0.166. The first kappa shape index (κ1) is 22.2. The van der Waals surface area contributed by atoms with Gasteiger partial charge in [-0.2, -0.15) is 19.0 Å². The zero-order chi connectivity index (χ0) is 23.7. The highest BCUT2D eigenvalue weighted by atomic mass is 32.1. The van der Waals surface area contributed by atoms with Gasteiger partial charge in [-0.1, -0.05) is 11.3 Å². The van der Waals surface area contributed by atoms with Crippen LogP contribution in [-0.2, 0) is 7.05 Å². The Hall–Kier alpha value is -4.04. The van der Waals surface area contributed by atoms with Crippen molar-refractivity contribution in [1.29, 1.82) is 5.26 Å². The molecule has 0 aliphatic heterocycles. The van der Waals surface area contributed by atoms with Gasteiger partial charge in [0.1, 0.15) is 11.8 Å². The molecular formula is C22H16F2N4O4S. The van der Waals surface area contributed by atoms with Crippen molar-refractivity contribution in [2.24, 2.45) is 7.05 Å². The minimum atomic E-state index is -3.10. The molecule has 4 aromatic rings. The monoisotopic (exact) mass is 470 g/mol. The number of aryl methyl sites for hydroxylation is 1. The highest BCUT2D eigenvalue weighted by Gasteiger charge is 2.19. The number of pyridine rings is 2. The lowest BCUT2D eigenvalue weighted by Crippen LogP contribution is -2.22. The topological polar surface area (TPSA) is 99.1 Å². The Morgan fingerprint density at radius 1 is 1.21 bits per heavy atom. The van der Waals surface area contributed by atoms with Gasteiger partial charge >= 0.3 is 6.61 Å². The van der Waals surface area contributed by atoms with Crippen LogP contribution in [0.1, 0.15) is 12.5 Å². The van der Waals surface area contributed by atoms with Crippen LogP contribution in [-0.4, -0.2) is 27.3 Å². The SMILES string of the molecule is CCOc1nc2c(cc(-c3ccc(=O)n(C)c3)c(=O)n2-c2ccc(OC(F)F)c(C#N)c2)s1. The fourth-order valence-electron chi connectivity index (χ4n) is 3.30. The normalized spacial score (nSPS) is 11.0. The fraction of sp³-hybridized carbons (Fsp3) is 0.182. The molecule has 3 aromatic heterocycles. The molecule has 0 spiro atoms. The van der Waals surface area contributed by atoms with Crippen molar-refractivity contribution < 1.29 is 18.3 Å². The van der Waals surface area contributed by atoms with E-state index in [1.54, 1.807) is 32.3 Å². The molecule has 0 atom stereocenters. The summed E-state index contributed by atoms with van der Waals surface area (Å²) in [5, 5.41) is 9.76. The number of hydrogen-bond acceptors (Lipinski definition) is 7. The lowest BCUT2D eigenvalue weighted by Gasteiger charge is -2.12. The van der Waals surface area contributed by atoms with Crippen molar-refractivity contribution in [1.82, 2.24) is 14.1 Å². The van der Waals surface area contributed by atoms with Gasteiger partial charge in [-0.05, 0) is 37.3 Å². The molecule has 0 saturated heterocycles. The molecule has 11 heteroatoms. The summed E-state index contributed by atoms with van der Waals surface area (Å²) in [5.41, 5.74) is 0.446. The van der Waals surface area contributed by atoms with E-state index in [4.69, 9.17) is 4.74 Å². The van der Waals surface area contributed by atoms with Crippen LogP contribution < -0.4 is 20.6 Å². The number of halogens is 2. The quantitative estimate of drug-likeness (QED) is 0.426. The summed E-state index contributed by atoms with van der Waals surface area (Å²) < 4.78 is 38.5. The Morgan fingerprint density at radius 2 is 2.00 bits per heavy atom. The predicted molar refractivity (Wildman–Crippen MR) is 118 cm³/mol. The Labute approximate surface area is 189 Å². The Kier molecular flexibility index (Phi) is 5.93. The summed E-state index contributed by atoms with van der Waals surface area (Å²) in [6, 6.07) is 10.2. The molecule has 0 unspecified atom stereocenters. The molecule has 0 radical (unpaired) electrons. The minimum Gasteiger partial charge on any atom is -0.470 e. The van der Waals surface area contributed by atoms with Gasteiger partial charge in [-0.15, -0.1) is 0 Å². The molecule has 0 aliphatic carbocycles. The second kappa shape index (κ2) is 8.84. The lowest BCUT2D eigenvalue weighted by molar-refractivity contribution is -0.0500. The van der Waals surface area contributed by atoms with Crippen molar-refractivity contribution in [2.45, 2.75) is 13.5 Å². The van der Waals surface area contributed by atoms with Crippen LogP contribution in [0.2, 0.25) is 0 Å². The maximum Gasteiger partial charge on any atom is 0.387 e. The number of benzene rings is 1. The van der Waals surface area contributed by atoms with Crippen molar-refractivity contribution in [2.75, 3.05) is 6.61 Å². The molecule has 0 amide bonds. The average Bonchev–Trinajstić information content (AvgIpc) is 3.17. The molecule has 168 valence electrons. The highest BCUT2D eigenvalue weighted by molar-refractivity contribution is 7.20. The van der Waals surface area contributed by atoms with Crippen LogP contribution in [0.5, 0.6) is 10.9 Å². The van der Waals surface area contributed by atoms with E-state index in [0.717, 1.165) is 0 Å². The number of nitrogens with zero attached hydrogens (tertiary/aromatic N) is 4. The molecule has 4 rings (SSSR count). The van der Waals surface area contributed by atoms with Gasteiger partial charge in [-0.3, -0.25) is 14.2 Å². The predicted octanol–water partition coefficient (Wildman–Crippen LogP) is 3.68. The molecular weight excluding hydrogens is 454 g/mol. The van der Waals surface area contributed by atoms with Gasteiger partial charge in [0.2, 0.25) is 5.56 Å². The van der Waals surface area contributed by atoms with Crippen molar-refractivity contribution in [3.8, 4) is 33.8 Å². The van der Waals surface area contributed by atoms with E-state index in [2.05, 4.69) is 9.72 Å². The summed E-state index contributed by atoms with van der Waals surface area (Å²) in [5.74, 6) is -0.303. The fourth-order valence-corrected chi connectivity index (χ4v) is 4.20. The summed E-state index contributed by atoms with van der Waals surface area (Å²) >= 11 is 1.23. The van der Waals surface area contributed by atoms with Crippen molar-refractivity contribution in [3.05, 3.63) is 68.9 Å². The van der Waals surface area contributed by atoms with E-state index >= 15 is 0 Å². The zero-order valence-corrected chi connectivity index (χ0v) is 18.2. The Morgan fingerprint density at radius 3 is 2.67 bits per heavy atom. The molecule has 0 fully saturated rings. The van der Waals surface area contributed by atoms with E-state index in [0.29, 0.717) is 22.1 Å². The van der Waals surface area contributed by atoms with Crippen molar-refractivity contribution in [3.63, 3.8) is 0 Å². The van der Waals surface area contributed by atoms with Gasteiger partial charge in [0, 0.05) is 24.9 Å². The van der Waals surface area contributed by atoms with Gasteiger partial charge in [0.25, 0.3) is 10.8 Å². The third-order valence-electron chi connectivity index (χ3n) is 4.76. The smallest absolute Gasteiger partial charge is 0.387 e. The third kappa shape index (κ3) is 4.20. The standard InChI is InChI=1S/C22H16F2N4O4S/c1-3-31-22-26-19-17(33-22)9-15(12-4-7-18(29)27(2)11-12)20(30)28(19)14-5-6-16(32-21(23)24)13(8-14)10-25/h4-9,11,21H,3H2,1-2H3. The van der Waals surface area contributed by atoms with E-state index in [1.165, 1.54) is 44.7 Å². The van der Waals surface area contributed by atoms with Crippen LogP contribution in [0.3, 0.4) is 0 Å². The number of nitriles is 1. The van der Waals surface area contributed by atoms with Crippen LogP contribution >= 0.6 is 11.3 Å². The summed E-state index contributed by atoms with van der Waals surface area (Å²) in [6.07, 6.45) is 1.54. The highest BCUT2D eigenvalue weighted by Crippen LogP contribution is 2.32. The molecule has 3 heterocycles. The van der Waals surface area contributed by atoms with E-state index < -0.39 is 12.2 Å². The Bertz CT molecular complexity index is 1520. The Balaban J connectivity index is 2.01. The van der Waals surface area contributed by atoms with Crippen LogP contribution in [0.25, 0.3) is 27.2 Å². The molecule has 8 nitrogen and oxygen atoms in total. The number of ether oxygens (including phenoxy) is 2. The second-order valence-corrected chi connectivity index (χ2v) is 7.83. The van der Waals surface area contributed by atoms with Crippen LogP contribution in [0.4, 0.5) is 8.78 Å². The summed E-state index contributed by atoms with van der Waals surface area (Å²) in [4.78, 5) is 29.8. The van der Waals surface area contributed by atoms with Gasteiger partial charge < -0.3 is 14.0 Å².